The molecule has 1 aromatic carbocycles. The third-order valence-corrected chi connectivity index (χ3v) is 6.22. The van der Waals surface area contributed by atoms with Crippen molar-refractivity contribution in [3.05, 3.63) is 17.2 Å². The number of phenols is 1. The number of hydrogen-bond acceptors (Lipinski definition) is 5. The molecule has 106 valence electrons. The number of aliphatic hydroxyl groups excluding tert-OH is 1. The van der Waals surface area contributed by atoms with E-state index in [0.29, 0.717) is 12.8 Å². The zero-order valence-electron chi connectivity index (χ0n) is 10.2. The molecule has 1 saturated carbocycles. The van der Waals surface area contributed by atoms with Gasteiger partial charge in [-0.25, -0.2) is 8.42 Å². The number of aromatic hydroxyl groups is 1. The summed E-state index contributed by atoms with van der Waals surface area (Å²) in [4.78, 5) is -0.375. The first-order valence-corrected chi connectivity index (χ1v) is 7.97. The molecule has 0 bridgehead atoms. The van der Waals surface area contributed by atoms with Crippen LogP contribution in [0.1, 0.15) is 25.7 Å². The first kappa shape index (κ1) is 14.4. The van der Waals surface area contributed by atoms with Crippen LogP contribution in [0.3, 0.4) is 0 Å². The van der Waals surface area contributed by atoms with Gasteiger partial charge in [-0.05, 0) is 25.0 Å². The Hall–Kier alpha value is -0.980. The molecule has 0 saturated heterocycles. The largest absolute Gasteiger partial charge is 0.504 e. The summed E-state index contributed by atoms with van der Waals surface area (Å²) in [6.45, 7) is 0. The molecular weight excluding hydrogens is 290 g/mol. The fourth-order valence-electron chi connectivity index (χ4n) is 2.42. The van der Waals surface area contributed by atoms with Crippen LogP contribution in [0.5, 0.6) is 5.75 Å². The number of anilines is 1. The standard InChI is InChI=1S/C12H16ClNO4S/c13-7-5-6-8(14)11(16)12(7)19(17,18)10-4-2-1-3-9(10)15/h5-6,9-10,15-16H,1-4,14H2. The molecule has 1 aromatic rings. The van der Waals surface area contributed by atoms with E-state index < -0.39 is 26.9 Å². The van der Waals surface area contributed by atoms with Crippen molar-refractivity contribution >= 4 is 27.1 Å². The van der Waals surface area contributed by atoms with E-state index in [2.05, 4.69) is 0 Å². The van der Waals surface area contributed by atoms with Crippen molar-refractivity contribution < 1.29 is 18.6 Å². The van der Waals surface area contributed by atoms with Crippen LogP contribution in [-0.2, 0) is 9.84 Å². The first-order chi connectivity index (χ1) is 8.85. The fraction of sp³-hybridized carbons (Fsp3) is 0.500. The van der Waals surface area contributed by atoms with E-state index in [1.54, 1.807) is 0 Å². The Morgan fingerprint density at radius 2 is 1.89 bits per heavy atom. The number of nitrogen functional groups attached to an aromatic ring is 1. The highest BCUT2D eigenvalue weighted by Crippen LogP contribution is 2.40. The number of hydrogen-bond donors (Lipinski definition) is 3. The third-order valence-electron chi connectivity index (χ3n) is 3.47. The maximum absolute atomic E-state index is 12.5. The Balaban J connectivity index is 2.53. The average Bonchev–Trinajstić information content (AvgIpc) is 2.34. The van der Waals surface area contributed by atoms with Crippen molar-refractivity contribution in [2.45, 2.75) is 41.9 Å². The van der Waals surface area contributed by atoms with Gasteiger partial charge in [-0.3, -0.25) is 0 Å². The van der Waals surface area contributed by atoms with E-state index >= 15 is 0 Å². The number of phenolic OH excluding ortho intramolecular Hbond substituents is 1. The van der Waals surface area contributed by atoms with Gasteiger partial charge in [0.15, 0.2) is 15.6 Å². The van der Waals surface area contributed by atoms with Gasteiger partial charge < -0.3 is 15.9 Å². The van der Waals surface area contributed by atoms with Crippen LogP contribution < -0.4 is 5.73 Å². The molecule has 0 aromatic heterocycles. The van der Waals surface area contributed by atoms with E-state index in [1.807, 2.05) is 0 Å². The Bertz CT molecular complexity index is 588. The van der Waals surface area contributed by atoms with E-state index in [9.17, 15) is 18.6 Å². The summed E-state index contributed by atoms with van der Waals surface area (Å²) in [6, 6.07) is 2.67. The Morgan fingerprint density at radius 3 is 2.53 bits per heavy atom. The van der Waals surface area contributed by atoms with Gasteiger partial charge in [-0.1, -0.05) is 24.4 Å². The molecule has 4 N–H and O–H groups in total. The van der Waals surface area contributed by atoms with Crippen LogP contribution in [-0.4, -0.2) is 30.0 Å². The number of sulfone groups is 1. The molecule has 19 heavy (non-hydrogen) atoms. The Labute approximate surface area is 116 Å². The molecule has 2 atom stereocenters. The predicted molar refractivity (Wildman–Crippen MR) is 73.0 cm³/mol. The molecule has 0 spiro atoms. The molecule has 1 aliphatic carbocycles. The minimum absolute atomic E-state index is 0.0479. The van der Waals surface area contributed by atoms with E-state index in [-0.39, 0.29) is 15.6 Å². The van der Waals surface area contributed by atoms with Crippen molar-refractivity contribution in [3.63, 3.8) is 0 Å². The topological polar surface area (TPSA) is 101 Å². The van der Waals surface area contributed by atoms with Crippen molar-refractivity contribution in [2.24, 2.45) is 0 Å². The van der Waals surface area contributed by atoms with Crippen LogP contribution in [0, 0.1) is 0 Å². The van der Waals surface area contributed by atoms with Crippen LogP contribution >= 0.6 is 11.6 Å². The van der Waals surface area contributed by atoms with Crippen molar-refractivity contribution in [3.8, 4) is 5.75 Å². The fourth-order valence-corrected chi connectivity index (χ4v) is 4.95. The highest BCUT2D eigenvalue weighted by Gasteiger charge is 2.38. The summed E-state index contributed by atoms with van der Waals surface area (Å²) in [5, 5.41) is 18.7. The van der Waals surface area contributed by atoms with Gasteiger partial charge in [0.25, 0.3) is 0 Å². The second kappa shape index (κ2) is 5.19. The summed E-state index contributed by atoms with van der Waals surface area (Å²) < 4.78 is 25.1. The minimum atomic E-state index is -3.91. The van der Waals surface area contributed by atoms with Crippen LogP contribution in [0.25, 0.3) is 0 Å². The van der Waals surface area contributed by atoms with E-state index in [1.165, 1.54) is 12.1 Å². The van der Waals surface area contributed by atoms with Gasteiger partial charge in [0.05, 0.1) is 22.1 Å². The van der Waals surface area contributed by atoms with Gasteiger partial charge >= 0.3 is 0 Å². The van der Waals surface area contributed by atoms with Gasteiger partial charge in [0, 0.05) is 0 Å². The lowest BCUT2D eigenvalue weighted by molar-refractivity contribution is 0.133. The molecule has 0 radical (unpaired) electrons. The normalized spacial score (nSPS) is 24.3. The number of halogens is 1. The number of benzene rings is 1. The summed E-state index contributed by atoms with van der Waals surface area (Å²) in [6.07, 6.45) is 1.38. The molecule has 7 heteroatoms. The molecule has 2 rings (SSSR count). The molecular formula is C12H16ClNO4S. The Morgan fingerprint density at radius 1 is 1.26 bits per heavy atom. The summed E-state index contributed by atoms with van der Waals surface area (Å²) >= 11 is 5.88. The molecule has 2 unspecified atom stereocenters. The SMILES string of the molecule is Nc1ccc(Cl)c(S(=O)(=O)C2CCCCC2O)c1O. The Kier molecular flexibility index (Phi) is 3.94. The maximum Gasteiger partial charge on any atom is 0.188 e. The summed E-state index contributed by atoms with van der Waals surface area (Å²) in [5.74, 6) is -0.537. The second-order valence-corrected chi connectivity index (χ2v) is 7.26. The molecule has 0 aliphatic heterocycles. The highest BCUT2D eigenvalue weighted by molar-refractivity contribution is 7.92. The van der Waals surface area contributed by atoms with Crippen molar-refractivity contribution in [1.29, 1.82) is 0 Å². The van der Waals surface area contributed by atoms with Gasteiger partial charge in [0.2, 0.25) is 0 Å². The number of rotatable bonds is 2. The monoisotopic (exact) mass is 305 g/mol. The molecule has 1 fully saturated rings. The lowest BCUT2D eigenvalue weighted by atomic mass is 9.97. The zero-order chi connectivity index (χ0) is 14.2. The highest BCUT2D eigenvalue weighted by atomic mass is 35.5. The van der Waals surface area contributed by atoms with Crippen LogP contribution in [0.4, 0.5) is 5.69 Å². The summed E-state index contributed by atoms with van der Waals surface area (Å²) in [5.41, 5.74) is 5.47. The minimum Gasteiger partial charge on any atom is -0.504 e. The molecule has 0 heterocycles. The lowest BCUT2D eigenvalue weighted by Gasteiger charge is -2.27. The third kappa shape index (κ3) is 2.52. The number of aliphatic hydroxyl groups is 1. The quantitative estimate of drug-likeness (QED) is 0.570. The number of nitrogens with two attached hydrogens (primary N) is 1. The van der Waals surface area contributed by atoms with Crippen molar-refractivity contribution in [2.75, 3.05) is 5.73 Å². The summed E-state index contributed by atoms with van der Waals surface area (Å²) in [7, 11) is -3.91. The molecule has 1 aliphatic rings. The van der Waals surface area contributed by atoms with Crippen LogP contribution in [0.15, 0.2) is 17.0 Å². The smallest absolute Gasteiger partial charge is 0.188 e. The maximum atomic E-state index is 12.5. The first-order valence-electron chi connectivity index (χ1n) is 6.04. The molecule has 0 amide bonds. The van der Waals surface area contributed by atoms with Gasteiger partial charge in [-0.2, -0.15) is 0 Å². The van der Waals surface area contributed by atoms with Crippen LogP contribution in [0.2, 0.25) is 5.02 Å². The van der Waals surface area contributed by atoms with E-state index in [0.717, 1.165) is 12.8 Å². The average molecular weight is 306 g/mol. The lowest BCUT2D eigenvalue weighted by Crippen LogP contribution is -2.37. The van der Waals surface area contributed by atoms with Gasteiger partial charge in [-0.15, -0.1) is 0 Å². The van der Waals surface area contributed by atoms with E-state index in [4.69, 9.17) is 17.3 Å². The predicted octanol–water partition coefficient (Wildman–Crippen LogP) is 1.71. The second-order valence-electron chi connectivity index (χ2n) is 4.75. The van der Waals surface area contributed by atoms with Gasteiger partial charge in [0.1, 0.15) is 4.90 Å². The zero-order valence-corrected chi connectivity index (χ0v) is 11.8. The van der Waals surface area contributed by atoms with Crippen molar-refractivity contribution in [1.82, 2.24) is 0 Å². The molecule has 5 nitrogen and oxygen atoms in total.